The smallest absolute Gasteiger partial charge is 0.308 e. The zero-order chi connectivity index (χ0) is 11.1. The normalized spacial score (nSPS) is 28.6. The first-order valence-corrected chi connectivity index (χ1v) is 5.14. The van der Waals surface area contributed by atoms with Crippen molar-refractivity contribution in [1.29, 1.82) is 0 Å². The molecular formula is C10H15NO4. The highest BCUT2D eigenvalue weighted by atomic mass is 16.5. The molecule has 84 valence electrons. The Morgan fingerprint density at radius 3 is 2.53 bits per heavy atom. The van der Waals surface area contributed by atoms with Gasteiger partial charge in [0.15, 0.2) is 0 Å². The lowest BCUT2D eigenvalue weighted by Crippen LogP contribution is -2.67. The van der Waals surface area contributed by atoms with Crippen molar-refractivity contribution in [2.45, 2.75) is 25.3 Å². The Balaban J connectivity index is 2.12. The molecule has 2 aliphatic heterocycles. The first-order chi connectivity index (χ1) is 7.05. The molecule has 1 N–H and O–H groups in total. The number of carboxylic acid groups (broad SMARTS) is 1. The molecule has 0 aliphatic carbocycles. The van der Waals surface area contributed by atoms with Crippen LogP contribution in [0.25, 0.3) is 0 Å². The van der Waals surface area contributed by atoms with Crippen LogP contribution in [-0.2, 0) is 14.3 Å². The minimum Gasteiger partial charge on any atom is -0.481 e. The van der Waals surface area contributed by atoms with Gasteiger partial charge in [-0.3, -0.25) is 9.59 Å². The van der Waals surface area contributed by atoms with E-state index < -0.39 is 11.9 Å². The maximum atomic E-state index is 11.5. The zero-order valence-corrected chi connectivity index (χ0v) is 8.73. The summed E-state index contributed by atoms with van der Waals surface area (Å²) in [6.07, 6.45) is 1.38. The molecule has 5 heteroatoms. The fourth-order valence-corrected chi connectivity index (χ4v) is 2.39. The monoisotopic (exact) mass is 213 g/mol. The van der Waals surface area contributed by atoms with E-state index in [4.69, 9.17) is 9.84 Å². The average molecular weight is 213 g/mol. The van der Waals surface area contributed by atoms with Crippen molar-refractivity contribution < 1.29 is 19.4 Å². The van der Waals surface area contributed by atoms with Crippen LogP contribution < -0.4 is 0 Å². The Morgan fingerprint density at radius 1 is 1.47 bits per heavy atom. The molecule has 0 bridgehead atoms. The van der Waals surface area contributed by atoms with Gasteiger partial charge < -0.3 is 14.7 Å². The number of carbonyl (C=O) groups is 2. The van der Waals surface area contributed by atoms with Crippen molar-refractivity contribution in [3.8, 4) is 0 Å². The molecule has 1 amide bonds. The van der Waals surface area contributed by atoms with E-state index in [0.717, 1.165) is 6.42 Å². The van der Waals surface area contributed by atoms with Gasteiger partial charge in [-0.25, -0.2) is 0 Å². The Hall–Kier alpha value is -1.10. The van der Waals surface area contributed by atoms with E-state index in [9.17, 15) is 9.59 Å². The van der Waals surface area contributed by atoms with Crippen LogP contribution in [-0.4, -0.2) is 47.2 Å². The number of amides is 1. The molecule has 5 nitrogen and oxygen atoms in total. The summed E-state index contributed by atoms with van der Waals surface area (Å²) in [7, 11) is 0. The molecule has 2 heterocycles. The number of likely N-dealkylation sites (tertiary alicyclic amines) is 1. The fourth-order valence-electron chi connectivity index (χ4n) is 2.39. The van der Waals surface area contributed by atoms with E-state index in [1.165, 1.54) is 6.92 Å². The number of hydrogen-bond acceptors (Lipinski definition) is 3. The summed E-state index contributed by atoms with van der Waals surface area (Å²) in [6, 6.07) is 0. The van der Waals surface area contributed by atoms with Crippen molar-refractivity contribution in [2.75, 3.05) is 19.8 Å². The van der Waals surface area contributed by atoms with Crippen molar-refractivity contribution in [3.05, 3.63) is 0 Å². The van der Waals surface area contributed by atoms with Gasteiger partial charge in [-0.1, -0.05) is 0 Å². The van der Waals surface area contributed by atoms with E-state index in [1.54, 1.807) is 4.90 Å². The second kappa shape index (κ2) is 3.48. The van der Waals surface area contributed by atoms with Gasteiger partial charge in [0, 0.05) is 13.5 Å². The van der Waals surface area contributed by atoms with Gasteiger partial charge in [0.1, 0.15) is 0 Å². The fraction of sp³-hybridized carbons (Fsp3) is 0.800. The van der Waals surface area contributed by atoms with Crippen LogP contribution in [0, 0.1) is 5.92 Å². The predicted molar refractivity (Wildman–Crippen MR) is 51.3 cm³/mol. The third-order valence-corrected chi connectivity index (χ3v) is 3.40. The quantitative estimate of drug-likeness (QED) is 0.670. The molecule has 2 saturated heterocycles. The summed E-state index contributed by atoms with van der Waals surface area (Å²) in [6.45, 7) is 2.93. The minimum absolute atomic E-state index is 0.0516. The topological polar surface area (TPSA) is 66.8 Å². The van der Waals surface area contributed by atoms with E-state index in [1.807, 2.05) is 0 Å². The lowest BCUT2D eigenvalue weighted by atomic mass is 9.80. The Bertz CT molecular complexity index is 298. The lowest BCUT2D eigenvalue weighted by molar-refractivity contribution is -0.182. The summed E-state index contributed by atoms with van der Waals surface area (Å²) >= 11 is 0. The SMILES string of the molecule is CC(=O)N1CC(C(=O)O)CCC12COC2. The lowest BCUT2D eigenvalue weighted by Gasteiger charge is -2.53. The van der Waals surface area contributed by atoms with Gasteiger partial charge in [-0.15, -0.1) is 0 Å². The van der Waals surface area contributed by atoms with Crippen LogP contribution in [0.2, 0.25) is 0 Å². The molecule has 1 spiro atoms. The van der Waals surface area contributed by atoms with Crippen molar-refractivity contribution in [3.63, 3.8) is 0 Å². The highest BCUT2D eigenvalue weighted by molar-refractivity contribution is 5.77. The van der Waals surface area contributed by atoms with Crippen LogP contribution in [0.3, 0.4) is 0 Å². The maximum Gasteiger partial charge on any atom is 0.308 e. The molecule has 0 radical (unpaired) electrons. The number of hydrogen-bond donors (Lipinski definition) is 1. The largest absolute Gasteiger partial charge is 0.481 e. The van der Waals surface area contributed by atoms with Crippen LogP contribution >= 0.6 is 0 Å². The minimum atomic E-state index is -0.809. The predicted octanol–water partition coefficient (Wildman–Crippen LogP) is 0.0985. The number of piperidine rings is 1. The number of ether oxygens (including phenoxy) is 1. The molecule has 2 fully saturated rings. The summed E-state index contributed by atoms with van der Waals surface area (Å²) in [5.74, 6) is -1.28. The second-order valence-corrected chi connectivity index (χ2v) is 4.42. The summed E-state index contributed by atoms with van der Waals surface area (Å²) in [5, 5.41) is 8.93. The van der Waals surface area contributed by atoms with Gasteiger partial charge >= 0.3 is 5.97 Å². The van der Waals surface area contributed by atoms with Crippen molar-refractivity contribution >= 4 is 11.9 Å². The molecular weight excluding hydrogens is 198 g/mol. The van der Waals surface area contributed by atoms with Crippen molar-refractivity contribution in [2.24, 2.45) is 5.92 Å². The van der Waals surface area contributed by atoms with Gasteiger partial charge in [0.2, 0.25) is 5.91 Å². The number of carboxylic acids is 1. The Kier molecular flexibility index (Phi) is 2.42. The first kappa shape index (κ1) is 10.4. The third-order valence-electron chi connectivity index (χ3n) is 3.40. The zero-order valence-electron chi connectivity index (χ0n) is 8.73. The molecule has 0 aromatic heterocycles. The maximum absolute atomic E-state index is 11.5. The third kappa shape index (κ3) is 1.61. The number of carbonyl (C=O) groups excluding carboxylic acids is 1. The molecule has 0 aromatic carbocycles. The van der Waals surface area contributed by atoms with Crippen molar-refractivity contribution in [1.82, 2.24) is 4.90 Å². The van der Waals surface area contributed by atoms with Gasteiger partial charge in [-0.2, -0.15) is 0 Å². The Morgan fingerprint density at radius 2 is 2.13 bits per heavy atom. The average Bonchev–Trinajstić information content (AvgIpc) is 2.14. The molecule has 15 heavy (non-hydrogen) atoms. The Labute approximate surface area is 88.0 Å². The highest BCUT2D eigenvalue weighted by Gasteiger charge is 2.49. The first-order valence-electron chi connectivity index (χ1n) is 5.14. The van der Waals surface area contributed by atoms with E-state index in [-0.39, 0.29) is 11.4 Å². The van der Waals surface area contributed by atoms with Crippen LogP contribution in [0.1, 0.15) is 19.8 Å². The molecule has 2 aliphatic rings. The molecule has 2 rings (SSSR count). The van der Waals surface area contributed by atoms with Crippen LogP contribution in [0.4, 0.5) is 0 Å². The standard InChI is InChI=1S/C10H15NO4/c1-7(12)11-4-8(9(13)14)2-3-10(11)5-15-6-10/h8H,2-6H2,1H3,(H,13,14). The number of nitrogens with zero attached hydrogens (tertiary/aromatic N) is 1. The van der Waals surface area contributed by atoms with Gasteiger partial charge in [-0.05, 0) is 12.8 Å². The number of aliphatic carboxylic acids is 1. The summed E-state index contributed by atoms with van der Waals surface area (Å²) < 4.78 is 5.15. The highest BCUT2D eigenvalue weighted by Crippen LogP contribution is 2.36. The van der Waals surface area contributed by atoms with Crippen LogP contribution in [0.15, 0.2) is 0 Å². The molecule has 0 aromatic rings. The summed E-state index contributed by atoms with van der Waals surface area (Å²) in [4.78, 5) is 24.0. The molecule has 1 unspecified atom stereocenters. The van der Waals surface area contributed by atoms with E-state index in [2.05, 4.69) is 0 Å². The van der Waals surface area contributed by atoms with E-state index >= 15 is 0 Å². The second-order valence-electron chi connectivity index (χ2n) is 4.42. The summed E-state index contributed by atoms with van der Waals surface area (Å²) in [5.41, 5.74) is -0.197. The van der Waals surface area contributed by atoms with E-state index in [0.29, 0.717) is 26.2 Å². The van der Waals surface area contributed by atoms with Gasteiger partial charge in [0.05, 0.1) is 24.7 Å². The van der Waals surface area contributed by atoms with Gasteiger partial charge in [0.25, 0.3) is 0 Å². The molecule has 1 atom stereocenters. The number of rotatable bonds is 1. The molecule has 0 saturated carbocycles. The van der Waals surface area contributed by atoms with Crippen LogP contribution in [0.5, 0.6) is 0 Å².